The van der Waals surface area contributed by atoms with Crippen LogP contribution in [0.2, 0.25) is 0 Å². The lowest BCUT2D eigenvalue weighted by atomic mass is 10.1. The van der Waals surface area contributed by atoms with Crippen LogP contribution in [0.15, 0.2) is 65.3 Å². The Kier molecular flexibility index (Phi) is 4.67. The Morgan fingerprint density at radius 3 is 2.57 bits per heavy atom. The summed E-state index contributed by atoms with van der Waals surface area (Å²) in [7, 11) is 1.30. The molecule has 150 valence electrons. The maximum Gasteiger partial charge on any atom is 0.315 e. The minimum atomic E-state index is -0.710. The van der Waals surface area contributed by atoms with Crippen molar-refractivity contribution in [3.63, 3.8) is 0 Å². The van der Waals surface area contributed by atoms with Crippen molar-refractivity contribution < 1.29 is 19.6 Å². The summed E-state index contributed by atoms with van der Waals surface area (Å²) in [6.07, 6.45) is 1.50. The topological polar surface area (TPSA) is 105 Å². The van der Waals surface area contributed by atoms with E-state index in [-0.39, 0.29) is 11.7 Å². The predicted molar refractivity (Wildman–Crippen MR) is 114 cm³/mol. The highest BCUT2D eigenvalue weighted by Crippen LogP contribution is 2.38. The number of hydrazone groups is 1. The lowest BCUT2D eigenvalue weighted by Gasteiger charge is -2.12. The fourth-order valence-electron chi connectivity index (χ4n) is 3.33. The minimum Gasteiger partial charge on any atom is -0.500 e. The molecule has 0 unspecified atom stereocenters. The zero-order valence-electron chi connectivity index (χ0n) is 16.2. The molecule has 0 atom stereocenters. The monoisotopic (exact) mass is 403 g/mol. The van der Waals surface area contributed by atoms with E-state index in [1.807, 2.05) is 42.5 Å². The molecule has 1 aliphatic rings. The van der Waals surface area contributed by atoms with Gasteiger partial charge in [-0.25, -0.2) is 0 Å². The number of fused-ring (bicyclic) bond motifs is 1. The first-order valence-corrected chi connectivity index (χ1v) is 9.05. The normalized spacial score (nSPS) is 15.0. The van der Waals surface area contributed by atoms with E-state index in [4.69, 9.17) is 4.74 Å². The summed E-state index contributed by atoms with van der Waals surface area (Å²) in [6, 6.07) is 16.0. The first kappa shape index (κ1) is 19.1. The molecule has 0 aromatic heterocycles. The van der Waals surface area contributed by atoms with Gasteiger partial charge < -0.3 is 9.84 Å². The van der Waals surface area contributed by atoms with Crippen molar-refractivity contribution in [3.05, 3.63) is 75.8 Å². The van der Waals surface area contributed by atoms with Crippen LogP contribution >= 0.6 is 0 Å². The summed E-state index contributed by atoms with van der Waals surface area (Å²) < 4.78 is 5.02. The van der Waals surface area contributed by atoms with Crippen LogP contribution in [0.25, 0.3) is 16.8 Å². The first-order valence-electron chi connectivity index (χ1n) is 9.05. The number of nitrogens with zero attached hydrogens (tertiary/aromatic N) is 3. The van der Waals surface area contributed by atoms with Crippen LogP contribution in [0, 0.1) is 10.1 Å². The van der Waals surface area contributed by atoms with Gasteiger partial charge in [0.05, 0.1) is 29.0 Å². The number of amides is 1. The Bertz CT molecular complexity index is 1260. The Labute approximate surface area is 171 Å². The number of ether oxygens (including phenoxy) is 1. The van der Waals surface area contributed by atoms with Gasteiger partial charge in [0.25, 0.3) is 5.91 Å². The second-order valence-electron chi connectivity index (χ2n) is 6.74. The maximum absolute atomic E-state index is 13.0. The molecular formula is C22H17N3O5. The summed E-state index contributed by atoms with van der Waals surface area (Å²) >= 11 is 0. The van der Waals surface area contributed by atoms with Gasteiger partial charge in [-0.1, -0.05) is 30.3 Å². The Morgan fingerprint density at radius 1 is 1.13 bits per heavy atom. The average molecular weight is 403 g/mol. The number of anilines is 1. The summed E-state index contributed by atoms with van der Waals surface area (Å²) in [6.45, 7) is 1.69. The molecule has 1 N–H and O–H groups in total. The summed E-state index contributed by atoms with van der Waals surface area (Å²) in [5.74, 6) is -0.967. The quantitative estimate of drug-likeness (QED) is 0.398. The molecule has 0 saturated carbocycles. The van der Waals surface area contributed by atoms with Gasteiger partial charge in [-0.05, 0) is 47.5 Å². The number of benzene rings is 3. The highest BCUT2D eigenvalue weighted by Gasteiger charge is 2.29. The molecule has 1 amide bonds. The maximum atomic E-state index is 13.0. The third-order valence-corrected chi connectivity index (χ3v) is 4.84. The molecule has 3 aromatic carbocycles. The fourth-order valence-corrected chi connectivity index (χ4v) is 3.33. The molecule has 0 spiro atoms. The standard InChI is InChI=1S/C22H17N3O5/c1-13-18(9-14-10-19(25(28)29)21(26)20(11-14)30-2)22(27)24(23-13)17-8-7-15-5-3-4-6-16(15)12-17/h3-12,26H,1-2H3/b18-9+. The van der Waals surface area contributed by atoms with Gasteiger partial charge in [-0.3, -0.25) is 14.9 Å². The zero-order chi connectivity index (χ0) is 21.4. The summed E-state index contributed by atoms with van der Waals surface area (Å²) in [5.41, 5.74) is 1.23. The van der Waals surface area contributed by atoms with Gasteiger partial charge in [0.2, 0.25) is 5.75 Å². The van der Waals surface area contributed by atoms with E-state index in [9.17, 15) is 20.0 Å². The molecular weight excluding hydrogens is 386 g/mol. The van der Waals surface area contributed by atoms with Crippen molar-refractivity contribution in [2.45, 2.75) is 6.92 Å². The molecule has 1 aliphatic heterocycles. The van der Waals surface area contributed by atoms with E-state index in [1.165, 1.54) is 30.3 Å². The lowest BCUT2D eigenvalue weighted by Crippen LogP contribution is -2.21. The van der Waals surface area contributed by atoms with Crippen molar-refractivity contribution in [2.75, 3.05) is 12.1 Å². The second-order valence-corrected chi connectivity index (χ2v) is 6.74. The fraction of sp³-hybridized carbons (Fsp3) is 0.0909. The molecule has 30 heavy (non-hydrogen) atoms. The van der Waals surface area contributed by atoms with Crippen LogP contribution in [0.3, 0.4) is 0 Å². The van der Waals surface area contributed by atoms with Crippen LogP contribution in [0.1, 0.15) is 12.5 Å². The van der Waals surface area contributed by atoms with Crippen molar-refractivity contribution in [1.82, 2.24) is 0 Å². The van der Waals surface area contributed by atoms with Crippen LogP contribution in [0.4, 0.5) is 11.4 Å². The number of methoxy groups -OCH3 is 1. The van der Waals surface area contributed by atoms with Crippen molar-refractivity contribution in [3.8, 4) is 11.5 Å². The minimum absolute atomic E-state index is 0.0533. The Balaban J connectivity index is 1.74. The second kappa shape index (κ2) is 7.32. The molecule has 4 rings (SSSR count). The number of carbonyl (C=O) groups excluding carboxylic acids is 1. The van der Waals surface area contributed by atoms with Gasteiger partial charge in [-0.15, -0.1) is 0 Å². The smallest absolute Gasteiger partial charge is 0.315 e. The van der Waals surface area contributed by atoms with E-state index in [1.54, 1.807) is 6.92 Å². The molecule has 0 aliphatic carbocycles. The number of phenolic OH excluding ortho intramolecular Hbond substituents is 1. The van der Waals surface area contributed by atoms with Crippen molar-refractivity contribution >= 4 is 39.8 Å². The van der Waals surface area contributed by atoms with E-state index in [0.717, 1.165) is 10.8 Å². The number of nitro groups is 1. The molecule has 0 bridgehead atoms. The van der Waals surface area contributed by atoms with Crippen molar-refractivity contribution in [2.24, 2.45) is 5.10 Å². The Morgan fingerprint density at radius 2 is 1.87 bits per heavy atom. The van der Waals surface area contributed by atoms with Crippen LogP contribution in [-0.4, -0.2) is 28.8 Å². The number of nitro benzene ring substituents is 1. The molecule has 0 radical (unpaired) electrons. The molecule has 0 saturated heterocycles. The van der Waals surface area contributed by atoms with E-state index in [0.29, 0.717) is 22.5 Å². The number of phenols is 1. The van der Waals surface area contributed by atoms with Crippen LogP contribution in [0.5, 0.6) is 11.5 Å². The van der Waals surface area contributed by atoms with Crippen molar-refractivity contribution in [1.29, 1.82) is 0 Å². The number of rotatable bonds is 4. The van der Waals surface area contributed by atoms with Crippen LogP contribution < -0.4 is 9.75 Å². The van der Waals surface area contributed by atoms with E-state index in [2.05, 4.69) is 5.10 Å². The van der Waals surface area contributed by atoms with Crippen LogP contribution in [-0.2, 0) is 4.79 Å². The molecule has 0 fully saturated rings. The molecule has 8 heteroatoms. The SMILES string of the molecule is COc1cc(/C=C2/C(=O)N(c3ccc4ccccc4c3)N=C2C)cc([N+](=O)[O-])c1O. The van der Waals surface area contributed by atoms with Gasteiger partial charge in [-0.2, -0.15) is 10.1 Å². The molecule has 3 aromatic rings. The predicted octanol–water partition coefficient (Wildman–Crippen LogP) is 4.27. The largest absolute Gasteiger partial charge is 0.500 e. The van der Waals surface area contributed by atoms with E-state index < -0.39 is 16.4 Å². The number of hydrogen-bond acceptors (Lipinski definition) is 6. The lowest BCUT2D eigenvalue weighted by molar-refractivity contribution is -0.386. The highest BCUT2D eigenvalue weighted by atomic mass is 16.6. The average Bonchev–Trinajstić information content (AvgIpc) is 3.02. The van der Waals surface area contributed by atoms with Gasteiger partial charge in [0.15, 0.2) is 5.75 Å². The van der Waals surface area contributed by atoms with Gasteiger partial charge in [0.1, 0.15) is 0 Å². The molecule has 1 heterocycles. The third-order valence-electron chi connectivity index (χ3n) is 4.84. The number of aromatic hydroxyl groups is 1. The zero-order valence-corrected chi connectivity index (χ0v) is 16.2. The Hall–Kier alpha value is -4.20. The van der Waals surface area contributed by atoms with Gasteiger partial charge >= 0.3 is 5.69 Å². The number of hydrogen-bond donors (Lipinski definition) is 1. The highest BCUT2D eigenvalue weighted by molar-refractivity contribution is 6.32. The number of carbonyl (C=O) groups is 1. The summed E-state index contributed by atoms with van der Waals surface area (Å²) in [4.78, 5) is 23.5. The van der Waals surface area contributed by atoms with E-state index >= 15 is 0 Å². The first-order chi connectivity index (χ1) is 14.4. The molecule has 8 nitrogen and oxygen atoms in total. The summed E-state index contributed by atoms with van der Waals surface area (Å²) in [5, 5.41) is 28.9. The third kappa shape index (κ3) is 3.24. The van der Waals surface area contributed by atoms with Gasteiger partial charge in [0, 0.05) is 6.07 Å².